The molecule has 0 aliphatic carbocycles. The summed E-state index contributed by atoms with van der Waals surface area (Å²) < 4.78 is 1.15. The lowest BCUT2D eigenvalue weighted by molar-refractivity contribution is 0.103. The van der Waals surface area contributed by atoms with Gasteiger partial charge in [0.25, 0.3) is 5.91 Å². The van der Waals surface area contributed by atoms with Crippen molar-refractivity contribution in [2.45, 2.75) is 13.8 Å². The van der Waals surface area contributed by atoms with Gasteiger partial charge in [0.05, 0.1) is 15.9 Å². The number of carbonyl (C=O) groups is 2. The lowest BCUT2D eigenvalue weighted by Gasteiger charge is -2.05. The Morgan fingerprint density at radius 1 is 0.806 bits per heavy atom. The molecule has 36 heavy (non-hydrogen) atoms. The summed E-state index contributed by atoms with van der Waals surface area (Å²) in [7, 11) is 0. The van der Waals surface area contributed by atoms with Crippen molar-refractivity contribution in [3.63, 3.8) is 0 Å². The summed E-state index contributed by atoms with van der Waals surface area (Å²) in [5.41, 5.74) is 4.94. The highest BCUT2D eigenvalue weighted by Crippen LogP contribution is 2.31. The number of hydrogen-bond acceptors (Lipinski definition) is 6. The fourth-order valence-corrected chi connectivity index (χ4v) is 5.54. The fraction of sp³-hybridized carbons (Fsp3) is 0.0769. The number of aromatic nitrogens is 2. The Morgan fingerprint density at radius 3 is 2.25 bits per heavy atom. The molecule has 3 amide bonds. The van der Waals surface area contributed by atoms with E-state index < -0.39 is 6.03 Å². The Labute approximate surface area is 220 Å². The zero-order valence-electron chi connectivity index (χ0n) is 19.3. The van der Waals surface area contributed by atoms with E-state index in [1.165, 1.54) is 5.56 Å². The number of urea groups is 1. The molecule has 0 unspecified atom stereocenters. The first kappa shape index (κ1) is 23.9. The fourth-order valence-electron chi connectivity index (χ4n) is 3.49. The largest absolute Gasteiger partial charge is 0.325 e. The Bertz CT molecular complexity index is 1580. The predicted molar refractivity (Wildman–Crippen MR) is 149 cm³/mol. The van der Waals surface area contributed by atoms with E-state index in [9.17, 15) is 9.59 Å². The lowest BCUT2D eigenvalue weighted by Crippen LogP contribution is -2.19. The van der Waals surface area contributed by atoms with E-state index in [4.69, 9.17) is 16.6 Å². The van der Waals surface area contributed by atoms with Gasteiger partial charge in [-0.3, -0.25) is 10.1 Å². The second-order valence-corrected chi connectivity index (χ2v) is 10.5. The summed E-state index contributed by atoms with van der Waals surface area (Å²) in [6, 6.07) is 20.1. The summed E-state index contributed by atoms with van der Waals surface area (Å²) in [5, 5.41) is 10.1. The Morgan fingerprint density at radius 2 is 1.50 bits per heavy atom. The number of rotatable bonds is 5. The van der Waals surface area contributed by atoms with Crippen molar-refractivity contribution in [1.82, 2.24) is 9.97 Å². The number of amides is 3. The smallest absolute Gasteiger partial charge is 0.321 e. The van der Waals surface area contributed by atoms with Crippen LogP contribution >= 0.6 is 34.3 Å². The van der Waals surface area contributed by atoms with Gasteiger partial charge in [-0.25, -0.2) is 14.8 Å². The number of halogens is 1. The molecule has 0 fully saturated rings. The van der Waals surface area contributed by atoms with Gasteiger partial charge in [0.15, 0.2) is 5.13 Å². The number of fused-ring (bicyclic) bond motifs is 1. The number of carbonyl (C=O) groups excluding carboxylic acids is 2. The number of nitrogens with one attached hydrogen (secondary N) is 3. The molecule has 7 nitrogen and oxygen atoms in total. The molecular weight excluding hydrogens is 514 g/mol. The van der Waals surface area contributed by atoms with Crippen LogP contribution in [0.5, 0.6) is 0 Å². The van der Waals surface area contributed by atoms with Gasteiger partial charge in [-0.15, -0.1) is 11.3 Å². The molecule has 0 saturated carbocycles. The first-order valence-electron chi connectivity index (χ1n) is 10.9. The van der Waals surface area contributed by atoms with Gasteiger partial charge in [0.1, 0.15) is 9.88 Å². The molecular formula is C26H20ClN5O2S2. The van der Waals surface area contributed by atoms with Gasteiger partial charge in [-0.2, -0.15) is 0 Å². The minimum atomic E-state index is -0.460. The van der Waals surface area contributed by atoms with Crippen LogP contribution in [0.1, 0.15) is 20.9 Å². The van der Waals surface area contributed by atoms with Crippen LogP contribution in [0, 0.1) is 13.8 Å². The highest BCUT2D eigenvalue weighted by atomic mass is 35.5. The molecule has 5 rings (SSSR count). The van der Waals surface area contributed by atoms with Crippen molar-refractivity contribution >= 4 is 72.9 Å². The number of anilines is 3. The molecule has 10 heteroatoms. The Kier molecular flexibility index (Phi) is 6.69. The van der Waals surface area contributed by atoms with Crippen molar-refractivity contribution in [3.8, 4) is 10.6 Å². The van der Waals surface area contributed by atoms with Crippen molar-refractivity contribution in [2.24, 2.45) is 0 Å². The lowest BCUT2D eigenvalue weighted by atomic mass is 10.2. The Hall–Kier alpha value is -3.79. The molecule has 2 heterocycles. The first-order valence-corrected chi connectivity index (χ1v) is 12.9. The van der Waals surface area contributed by atoms with E-state index in [-0.39, 0.29) is 5.91 Å². The van der Waals surface area contributed by atoms with E-state index in [0.29, 0.717) is 32.1 Å². The van der Waals surface area contributed by atoms with E-state index in [1.54, 1.807) is 42.5 Å². The third-order valence-corrected chi connectivity index (χ3v) is 7.65. The zero-order valence-corrected chi connectivity index (χ0v) is 21.6. The van der Waals surface area contributed by atoms with Crippen molar-refractivity contribution in [1.29, 1.82) is 0 Å². The van der Waals surface area contributed by atoms with Gasteiger partial charge in [0, 0.05) is 22.0 Å². The standard InChI is InChI=1S/C26H20ClN5O2S2/c1-14-3-12-20-21(13-14)35-24(31-20)16-4-8-18(9-5-16)29-23(33)22-15(2)28-26(36-22)32-25(34)30-19-10-6-17(27)7-11-19/h3-13H,1-2H3,(H,29,33)(H2,28,30,32,34). The average Bonchev–Trinajstić information content (AvgIpc) is 3.43. The number of thiazole rings is 2. The highest BCUT2D eigenvalue weighted by Gasteiger charge is 2.17. The summed E-state index contributed by atoms with van der Waals surface area (Å²) in [6.45, 7) is 3.79. The van der Waals surface area contributed by atoms with Gasteiger partial charge < -0.3 is 10.6 Å². The zero-order chi connectivity index (χ0) is 25.2. The molecule has 0 aliphatic heterocycles. The molecule has 0 bridgehead atoms. The Balaban J connectivity index is 1.23. The van der Waals surface area contributed by atoms with Crippen molar-refractivity contribution < 1.29 is 9.59 Å². The van der Waals surface area contributed by atoms with Crippen LogP contribution < -0.4 is 16.0 Å². The van der Waals surface area contributed by atoms with Gasteiger partial charge >= 0.3 is 6.03 Å². The number of hydrogen-bond donors (Lipinski definition) is 3. The highest BCUT2D eigenvalue weighted by molar-refractivity contribution is 7.21. The molecule has 0 spiro atoms. The van der Waals surface area contributed by atoms with Gasteiger partial charge in [-0.05, 0) is 80.1 Å². The third kappa shape index (κ3) is 5.38. The number of nitrogens with zero attached hydrogens (tertiary/aromatic N) is 2. The van der Waals surface area contributed by atoms with Crippen molar-refractivity contribution in [2.75, 3.05) is 16.0 Å². The molecule has 0 saturated heterocycles. The van der Waals surface area contributed by atoms with Crippen LogP contribution in [0.2, 0.25) is 5.02 Å². The molecule has 2 aromatic heterocycles. The van der Waals surface area contributed by atoms with Crippen LogP contribution in [0.4, 0.5) is 21.3 Å². The molecule has 0 aliphatic rings. The van der Waals surface area contributed by atoms with Crippen LogP contribution in [-0.4, -0.2) is 21.9 Å². The molecule has 3 aromatic carbocycles. The summed E-state index contributed by atoms with van der Waals surface area (Å²) >= 11 is 8.61. The predicted octanol–water partition coefficient (Wildman–Crippen LogP) is 7.59. The second-order valence-electron chi connectivity index (χ2n) is 8.04. The minimum absolute atomic E-state index is 0.292. The summed E-state index contributed by atoms with van der Waals surface area (Å²) in [6.07, 6.45) is 0. The maximum Gasteiger partial charge on any atom is 0.325 e. The van der Waals surface area contributed by atoms with E-state index in [0.717, 1.165) is 32.1 Å². The number of benzene rings is 3. The number of aryl methyl sites for hydroxylation is 2. The minimum Gasteiger partial charge on any atom is -0.321 e. The average molecular weight is 534 g/mol. The molecule has 180 valence electrons. The van der Waals surface area contributed by atoms with Gasteiger partial charge in [-0.1, -0.05) is 29.0 Å². The van der Waals surface area contributed by atoms with Crippen LogP contribution in [-0.2, 0) is 0 Å². The first-order chi connectivity index (χ1) is 17.3. The third-order valence-electron chi connectivity index (χ3n) is 5.26. The SMILES string of the molecule is Cc1ccc2nc(-c3ccc(NC(=O)c4sc(NC(=O)Nc5ccc(Cl)cc5)nc4C)cc3)sc2c1. The van der Waals surface area contributed by atoms with E-state index in [1.807, 2.05) is 30.3 Å². The van der Waals surface area contributed by atoms with E-state index in [2.05, 4.69) is 40.0 Å². The normalized spacial score (nSPS) is 10.9. The topological polar surface area (TPSA) is 96.0 Å². The molecule has 0 atom stereocenters. The maximum absolute atomic E-state index is 12.9. The summed E-state index contributed by atoms with van der Waals surface area (Å²) in [4.78, 5) is 34.6. The van der Waals surface area contributed by atoms with Crippen LogP contribution in [0.3, 0.4) is 0 Å². The molecule has 5 aromatic rings. The maximum atomic E-state index is 12.9. The monoisotopic (exact) mass is 533 g/mol. The summed E-state index contributed by atoms with van der Waals surface area (Å²) in [5.74, 6) is -0.292. The molecule has 0 radical (unpaired) electrons. The van der Waals surface area contributed by atoms with Gasteiger partial charge in [0.2, 0.25) is 0 Å². The second kappa shape index (κ2) is 10.1. The van der Waals surface area contributed by atoms with Crippen molar-refractivity contribution in [3.05, 3.63) is 87.9 Å². The van der Waals surface area contributed by atoms with Crippen LogP contribution in [0.25, 0.3) is 20.8 Å². The van der Waals surface area contributed by atoms with E-state index >= 15 is 0 Å². The molecule has 3 N–H and O–H groups in total. The van der Waals surface area contributed by atoms with Crippen LogP contribution in [0.15, 0.2) is 66.7 Å². The quantitative estimate of drug-likeness (QED) is 0.217.